The summed E-state index contributed by atoms with van der Waals surface area (Å²) in [5.74, 6) is 1.03. The van der Waals surface area contributed by atoms with E-state index in [4.69, 9.17) is 0 Å². The number of carbonyl (C=O) groups is 1. The molecule has 0 unspecified atom stereocenters. The van der Waals surface area contributed by atoms with E-state index in [0.717, 1.165) is 18.0 Å². The molecule has 18 heavy (non-hydrogen) atoms. The third-order valence-corrected chi connectivity index (χ3v) is 3.86. The van der Waals surface area contributed by atoms with Crippen LogP contribution in [0.2, 0.25) is 0 Å². The minimum absolute atomic E-state index is 0.230. The number of hydrogen-bond donors (Lipinski definition) is 0. The van der Waals surface area contributed by atoms with Crippen LogP contribution in [0.25, 0.3) is 0 Å². The molecule has 1 aliphatic rings. The molecule has 2 rings (SSSR count). The summed E-state index contributed by atoms with van der Waals surface area (Å²) < 4.78 is 1.92. The fourth-order valence-electron chi connectivity index (χ4n) is 2.88. The fraction of sp³-hybridized carbons (Fsp3) is 0.667. The quantitative estimate of drug-likeness (QED) is 0.749. The molecule has 0 spiro atoms. The summed E-state index contributed by atoms with van der Waals surface area (Å²) in [5.41, 5.74) is 0.827. The standard InChI is InChI=1S/C15H24N2O/c1-16-9-8-14(11-16)15(18)12-17(2)10-13-6-4-3-5-7-13/h8-9,11,13H,3-7,10,12H2,1-2H3. The van der Waals surface area contributed by atoms with E-state index in [1.54, 1.807) is 0 Å². The van der Waals surface area contributed by atoms with Gasteiger partial charge >= 0.3 is 0 Å². The minimum Gasteiger partial charge on any atom is -0.357 e. The van der Waals surface area contributed by atoms with Crippen molar-refractivity contribution in [1.29, 1.82) is 0 Å². The molecule has 1 aliphatic carbocycles. The maximum atomic E-state index is 12.1. The summed E-state index contributed by atoms with van der Waals surface area (Å²) >= 11 is 0. The molecule has 0 aromatic carbocycles. The number of ketones is 1. The van der Waals surface area contributed by atoms with Gasteiger partial charge in [-0.25, -0.2) is 0 Å². The Morgan fingerprint density at radius 2 is 2.11 bits per heavy atom. The zero-order chi connectivity index (χ0) is 13.0. The SMILES string of the molecule is CN(CC(=O)c1ccn(C)c1)CC1CCCCC1. The van der Waals surface area contributed by atoms with Crippen LogP contribution in [-0.4, -0.2) is 35.4 Å². The highest BCUT2D eigenvalue weighted by atomic mass is 16.1. The Morgan fingerprint density at radius 3 is 2.72 bits per heavy atom. The molecule has 100 valence electrons. The molecule has 0 saturated heterocycles. The highest BCUT2D eigenvalue weighted by Gasteiger charge is 2.17. The molecule has 1 aromatic rings. The van der Waals surface area contributed by atoms with Crippen LogP contribution >= 0.6 is 0 Å². The van der Waals surface area contributed by atoms with Crippen LogP contribution in [0.1, 0.15) is 42.5 Å². The van der Waals surface area contributed by atoms with Crippen LogP contribution in [0.5, 0.6) is 0 Å². The summed E-state index contributed by atoms with van der Waals surface area (Å²) in [6, 6.07) is 1.90. The van der Waals surface area contributed by atoms with E-state index in [1.165, 1.54) is 32.1 Å². The molecule has 0 atom stereocenters. The lowest BCUT2D eigenvalue weighted by molar-refractivity contribution is 0.0932. The first kappa shape index (κ1) is 13.3. The molecule has 3 heteroatoms. The molecule has 0 aliphatic heterocycles. The van der Waals surface area contributed by atoms with Crippen LogP contribution in [0.4, 0.5) is 0 Å². The van der Waals surface area contributed by atoms with E-state index in [2.05, 4.69) is 11.9 Å². The van der Waals surface area contributed by atoms with Crippen molar-refractivity contribution in [3.8, 4) is 0 Å². The number of aryl methyl sites for hydroxylation is 1. The third kappa shape index (κ3) is 3.70. The van der Waals surface area contributed by atoms with Crippen LogP contribution < -0.4 is 0 Å². The van der Waals surface area contributed by atoms with Crippen molar-refractivity contribution in [2.75, 3.05) is 20.1 Å². The van der Waals surface area contributed by atoms with Gasteiger partial charge in [-0.05, 0) is 31.9 Å². The second-order valence-corrected chi connectivity index (χ2v) is 5.69. The number of rotatable bonds is 5. The van der Waals surface area contributed by atoms with Crippen LogP contribution in [-0.2, 0) is 7.05 Å². The molecule has 0 N–H and O–H groups in total. The Balaban J connectivity index is 1.79. The van der Waals surface area contributed by atoms with Crippen LogP contribution in [0.15, 0.2) is 18.5 Å². The van der Waals surface area contributed by atoms with Gasteiger partial charge in [0, 0.05) is 31.5 Å². The molecule has 1 saturated carbocycles. The maximum Gasteiger partial charge on any atom is 0.178 e. The van der Waals surface area contributed by atoms with Crippen molar-refractivity contribution >= 4 is 5.78 Å². The van der Waals surface area contributed by atoms with Crippen LogP contribution in [0.3, 0.4) is 0 Å². The van der Waals surface area contributed by atoms with Gasteiger partial charge in [0.2, 0.25) is 0 Å². The highest BCUT2D eigenvalue weighted by Crippen LogP contribution is 2.24. The normalized spacial score (nSPS) is 17.3. The lowest BCUT2D eigenvalue weighted by Crippen LogP contribution is -2.31. The molecular weight excluding hydrogens is 224 g/mol. The van der Waals surface area contributed by atoms with Gasteiger partial charge in [0.15, 0.2) is 5.78 Å². The van der Waals surface area contributed by atoms with Crippen molar-refractivity contribution in [2.24, 2.45) is 13.0 Å². The molecular formula is C15H24N2O. The van der Waals surface area contributed by atoms with Crippen molar-refractivity contribution < 1.29 is 4.79 Å². The number of likely N-dealkylation sites (N-methyl/N-ethyl adjacent to an activating group) is 1. The molecule has 0 amide bonds. The topological polar surface area (TPSA) is 25.2 Å². The van der Waals surface area contributed by atoms with E-state index >= 15 is 0 Å². The Morgan fingerprint density at radius 1 is 1.39 bits per heavy atom. The smallest absolute Gasteiger partial charge is 0.178 e. The zero-order valence-electron chi connectivity index (χ0n) is 11.6. The van der Waals surface area contributed by atoms with Crippen LogP contribution in [0, 0.1) is 5.92 Å². The summed E-state index contributed by atoms with van der Waals surface area (Å²) in [5, 5.41) is 0. The summed E-state index contributed by atoms with van der Waals surface area (Å²) in [6.45, 7) is 1.61. The molecule has 1 fully saturated rings. The lowest BCUT2D eigenvalue weighted by Gasteiger charge is -2.26. The molecule has 0 radical (unpaired) electrons. The van der Waals surface area contributed by atoms with Gasteiger partial charge < -0.3 is 4.57 Å². The Bertz CT molecular complexity index is 391. The first-order valence-corrected chi connectivity index (χ1v) is 6.99. The van der Waals surface area contributed by atoms with Gasteiger partial charge in [0.25, 0.3) is 0 Å². The van der Waals surface area contributed by atoms with Gasteiger partial charge in [0.05, 0.1) is 6.54 Å². The van der Waals surface area contributed by atoms with Gasteiger partial charge in [0.1, 0.15) is 0 Å². The predicted molar refractivity (Wildman–Crippen MR) is 73.8 cm³/mol. The second-order valence-electron chi connectivity index (χ2n) is 5.69. The van der Waals surface area contributed by atoms with Gasteiger partial charge in [-0.2, -0.15) is 0 Å². The van der Waals surface area contributed by atoms with E-state index in [0.29, 0.717) is 6.54 Å². The van der Waals surface area contributed by atoms with Crippen molar-refractivity contribution in [3.63, 3.8) is 0 Å². The van der Waals surface area contributed by atoms with E-state index in [-0.39, 0.29) is 5.78 Å². The van der Waals surface area contributed by atoms with E-state index in [9.17, 15) is 4.79 Å². The van der Waals surface area contributed by atoms with Gasteiger partial charge in [-0.15, -0.1) is 0 Å². The average molecular weight is 248 g/mol. The number of carbonyl (C=O) groups excluding carboxylic acids is 1. The van der Waals surface area contributed by atoms with E-state index < -0.39 is 0 Å². The number of hydrogen-bond acceptors (Lipinski definition) is 2. The summed E-state index contributed by atoms with van der Waals surface area (Å²) in [7, 11) is 4.01. The largest absolute Gasteiger partial charge is 0.357 e. The third-order valence-electron chi connectivity index (χ3n) is 3.86. The summed E-state index contributed by atoms with van der Waals surface area (Å²) in [6.07, 6.45) is 10.6. The van der Waals surface area contributed by atoms with Gasteiger partial charge in [-0.3, -0.25) is 9.69 Å². The van der Waals surface area contributed by atoms with Crippen molar-refractivity contribution in [3.05, 3.63) is 24.0 Å². The highest BCUT2D eigenvalue weighted by molar-refractivity contribution is 5.97. The number of aromatic nitrogens is 1. The minimum atomic E-state index is 0.230. The van der Waals surface area contributed by atoms with Crippen molar-refractivity contribution in [1.82, 2.24) is 9.47 Å². The second kappa shape index (κ2) is 6.19. The summed E-state index contributed by atoms with van der Waals surface area (Å²) in [4.78, 5) is 14.2. The first-order chi connectivity index (χ1) is 8.65. The van der Waals surface area contributed by atoms with E-state index in [1.807, 2.05) is 30.1 Å². The predicted octanol–water partition coefficient (Wildman–Crippen LogP) is 2.72. The zero-order valence-corrected chi connectivity index (χ0v) is 11.6. The molecule has 3 nitrogen and oxygen atoms in total. The van der Waals surface area contributed by atoms with Crippen molar-refractivity contribution in [2.45, 2.75) is 32.1 Å². The first-order valence-electron chi connectivity index (χ1n) is 6.99. The number of nitrogens with zero attached hydrogens (tertiary/aromatic N) is 2. The molecule has 0 bridgehead atoms. The monoisotopic (exact) mass is 248 g/mol. The van der Waals surface area contributed by atoms with Gasteiger partial charge in [-0.1, -0.05) is 19.3 Å². The molecule has 1 aromatic heterocycles. The maximum absolute atomic E-state index is 12.1. The average Bonchev–Trinajstić information content (AvgIpc) is 2.77. The lowest BCUT2D eigenvalue weighted by atomic mass is 9.89. The Hall–Kier alpha value is -1.09. The Labute approximate surface area is 110 Å². The fourth-order valence-corrected chi connectivity index (χ4v) is 2.88. The Kier molecular flexibility index (Phi) is 4.59. The molecule has 1 heterocycles. The number of Topliss-reactive ketones (excluding diaryl/α,β-unsaturated/α-hetero) is 1.